The minimum absolute atomic E-state index is 0.159. The van der Waals surface area contributed by atoms with Crippen LogP contribution in [-0.2, 0) is 17.5 Å². The van der Waals surface area contributed by atoms with Gasteiger partial charge in [0.2, 0.25) is 0 Å². The molecule has 1 aliphatic heterocycles. The number of rotatable bonds is 5. The molecule has 1 aliphatic rings. The molecule has 0 spiro atoms. The van der Waals surface area contributed by atoms with Gasteiger partial charge in [-0.05, 0) is 18.2 Å². The monoisotopic (exact) mass is 432 g/mol. The van der Waals surface area contributed by atoms with Crippen molar-refractivity contribution in [3.8, 4) is 0 Å². The first-order chi connectivity index (χ1) is 14.3. The fourth-order valence-corrected chi connectivity index (χ4v) is 4.26. The number of carbonyl (C=O) groups is 1. The van der Waals surface area contributed by atoms with E-state index in [2.05, 4.69) is 15.0 Å². The van der Waals surface area contributed by atoms with Gasteiger partial charge in [-0.1, -0.05) is 23.9 Å². The Morgan fingerprint density at radius 3 is 2.63 bits per heavy atom. The maximum Gasteiger partial charge on any atom is 0.433 e. The van der Waals surface area contributed by atoms with Crippen molar-refractivity contribution in [3.05, 3.63) is 71.8 Å². The van der Waals surface area contributed by atoms with Crippen molar-refractivity contribution in [2.24, 2.45) is 5.73 Å². The van der Waals surface area contributed by atoms with Crippen molar-refractivity contribution in [2.45, 2.75) is 17.6 Å². The van der Waals surface area contributed by atoms with Crippen molar-refractivity contribution in [2.75, 3.05) is 11.4 Å². The van der Waals surface area contributed by atoms with Crippen molar-refractivity contribution in [3.63, 3.8) is 0 Å². The first-order valence-electron chi connectivity index (χ1n) is 8.79. The smallest absolute Gasteiger partial charge is 0.365 e. The topological polar surface area (TPSA) is 89.9 Å². The molecule has 0 fully saturated rings. The van der Waals surface area contributed by atoms with Crippen LogP contribution in [-0.4, -0.2) is 32.0 Å². The zero-order valence-corrected chi connectivity index (χ0v) is 16.2. The highest BCUT2D eigenvalue weighted by Crippen LogP contribution is 2.48. The Labute approximate surface area is 173 Å². The molecule has 0 radical (unpaired) electrons. The van der Waals surface area contributed by atoms with Crippen molar-refractivity contribution < 1.29 is 18.0 Å². The molecular formula is C19H15F3N6OS. The summed E-state index contributed by atoms with van der Waals surface area (Å²) in [5, 5.41) is 0.392. The van der Waals surface area contributed by atoms with Crippen LogP contribution in [0.1, 0.15) is 11.5 Å². The summed E-state index contributed by atoms with van der Waals surface area (Å²) in [7, 11) is 0. The number of imidazole rings is 1. The van der Waals surface area contributed by atoms with Crippen LogP contribution in [0.25, 0.3) is 5.57 Å². The van der Waals surface area contributed by atoms with Crippen LogP contribution < -0.4 is 10.6 Å². The molecule has 0 bridgehead atoms. The third-order valence-electron chi connectivity index (χ3n) is 4.38. The summed E-state index contributed by atoms with van der Waals surface area (Å²) in [6.45, 7) is 0.972. The second-order valence-corrected chi connectivity index (χ2v) is 7.36. The number of nitrogens with zero attached hydrogens (tertiary/aromatic N) is 5. The number of nitrogens with two attached hydrogens (primary N) is 1. The highest BCUT2D eigenvalue weighted by Gasteiger charge is 2.35. The molecule has 30 heavy (non-hydrogen) atoms. The van der Waals surface area contributed by atoms with Gasteiger partial charge in [0.1, 0.15) is 11.3 Å². The molecule has 0 saturated heterocycles. The highest BCUT2D eigenvalue weighted by atomic mass is 32.2. The van der Waals surface area contributed by atoms with Crippen LogP contribution in [0.2, 0.25) is 0 Å². The van der Waals surface area contributed by atoms with Crippen LogP contribution in [0, 0.1) is 0 Å². The zero-order valence-electron chi connectivity index (χ0n) is 15.4. The molecule has 0 unspecified atom stereocenters. The second kappa shape index (κ2) is 7.82. The lowest BCUT2D eigenvalue weighted by molar-refractivity contribution is -0.141. The van der Waals surface area contributed by atoms with Gasteiger partial charge in [0.05, 0.1) is 17.0 Å². The summed E-state index contributed by atoms with van der Waals surface area (Å²) in [6.07, 6.45) is 1.40. The summed E-state index contributed by atoms with van der Waals surface area (Å²) in [5.74, 6) is -1.27. The van der Waals surface area contributed by atoms with E-state index in [-0.39, 0.29) is 11.4 Å². The summed E-state index contributed by atoms with van der Waals surface area (Å²) in [6, 6.07) is 8.17. The molecule has 0 aliphatic carbocycles. The molecule has 4 rings (SSSR count). The van der Waals surface area contributed by atoms with E-state index in [1.165, 1.54) is 11.8 Å². The Bertz CT molecular complexity index is 1110. The normalized spacial score (nSPS) is 15.2. The van der Waals surface area contributed by atoms with Gasteiger partial charge in [-0.25, -0.2) is 15.0 Å². The number of benzene rings is 1. The molecule has 2 N–H and O–H groups in total. The summed E-state index contributed by atoms with van der Waals surface area (Å²) < 4.78 is 41.3. The van der Waals surface area contributed by atoms with Gasteiger partial charge in [0.25, 0.3) is 5.91 Å². The first-order valence-corrected chi connectivity index (χ1v) is 9.61. The fourth-order valence-electron chi connectivity index (χ4n) is 3.03. The number of carbonyl (C=O) groups excluding carboxylic acids is 1. The maximum absolute atomic E-state index is 13.1. The number of hydrogen-bond donors (Lipinski definition) is 1. The Balaban J connectivity index is 1.81. The van der Waals surface area contributed by atoms with Crippen LogP contribution in [0.3, 0.4) is 0 Å². The van der Waals surface area contributed by atoms with Crippen molar-refractivity contribution >= 4 is 28.9 Å². The molecule has 1 amide bonds. The molecule has 0 atom stereocenters. The first kappa shape index (κ1) is 20.0. The zero-order chi connectivity index (χ0) is 21.3. The lowest BCUT2D eigenvalue weighted by Gasteiger charge is -2.22. The van der Waals surface area contributed by atoms with E-state index in [0.29, 0.717) is 18.1 Å². The second-order valence-electron chi connectivity index (χ2n) is 6.33. The SMILES string of the molecule is NC(=O)C(=C1Sc2ccccc2N1CCn1ccnc1)c1nccc(C(F)(F)F)n1. The Morgan fingerprint density at radius 2 is 1.93 bits per heavy atom. The van der Waals surface area contributed by atoms with Gasteiger partial charge in [-0.2, -0.15) is 13.2 Å². The largest absolute Gasteiger partial charge is 0.433 e. The molecular weight excluding hydrogens is 417 g/mol. The van der Waals surface area contributed by atoms with E-state index in [0.717, 1.165) is 22.8 Å². The molecule has 1 aromatic carbocycles. The van der Waals surface area contributed by atoms with Crippen LogP contribution in [0.5, 0.6) is 0 Å². The van der Waals surface area contributed by atoms with E-state index in [4.69, 9.17) is 5.73 Å². The fraction of sp³-hybridized carbons (Fsp3) is 0.158. The summed E-state index contributed by atoms with van der Waals surface area (Å²) in [5.41, 5.74) is 5.10. The van der Waals surface area contributed by atoms with Gasteiger partial charge >= 0.3 is 6.18 Å². The molecule has 154 valence electrons. The number of amides is 1. The van der Waals surface area contributed by atoms with Gasteiger partial charge in [0.15, 0.2) is 5.82 Å². The minimum Gasteiger partial charge on any atom is -0.365 e. The van der Waals surface area contributed by atoms with Gasteiger partial charge < -0.3 is 15.2 Å². The number of halogens is 3. The maximum atomic E-state index is 13.1. The third kappa shape index (κ3) is 3.88. The molecule has 11 heteroatoms. The standard InChI is InChI=1S/C19H15F3N6OS/c20-19(21,22)14-5-6-25-17(26-14)15(16(23)29)18-28(10-9-27-8-7-24-11-27)12-3-1-2-4-13(12)30-18/h1-8,11H,9-10H2,(H2,23,29). The summed E-state index contributed by atoms with van der Waals surface area (Å²) in [4.78, 5) is 26.5. The van der Waals surface area contributed by atoms with E-state index in [1.807, 2.05) is 33.7 Å². The lowest BCUT2D eigenvalue weighted by atomic mass is 10.2. The molecule has 2 aromatic heterocycles. The summed E-state index contributed by atoms with van der Waals surface area (Å²) >= 11 is 1.24. The lowest BCUT2D eigenvalue weighted by Crippen LogP contribution is -2.27. The molecule has 3 aromatic rings. The van der Waals surface area contributed by atoms with Gasteiger partial charge in [0, 0.05) is 36.6 Å². The predicted octanol–water partition coefficient (Wildman–Crippen LogP) is 3.16. The number of fused-ring (bicyclic) bond motifs is 1. The number of alkyl halides is 3. The number of primary amides is 1. The van der Waals surface area contributed by atoms with E-state index in [1.54, 1.807) is 18.7 Å². The minimum atomic E-state index is -4.67. The number of anilines is 1. The molecule has 0 saturated carbocycles. The molecule has 7 nitrogen and oxygen atoms in total. The quantitative estimate of drug-likeness (QED) is 0.623. The third-order valence-corrected chi connectivity index (χ3v) is 5.56. The van der Waals surface area contributed by atoms with Crippen molar-refractivity contribution in [1.29, 1.82) is 0 Å². The molecule has 3 heterocycles. The van der Waals surface area contributed by atoms with Crippen LogP contribution in [0.4, 0.5) is 18.9 Å². The Hall–Kier alpha value is -3.34. The van der Waals surface area contributed by atoms with Crippen molar-refractivity contribution in [1.82, 2.24) is 19.5 Å². The van der Waals surface area contributed by atoms with Gasteiger partial charge in [-0.3, -0.25) is 4.79 Å². The number of aromatic nitrogens is 4. The predicted molar refractivity (Wildman–Crippen MR) is 105 cm³/mol. The highest BCUT2D eigenvalue weighted by molar-refractivity contribution is 8.04. The number of thioether (sulfide) groups is 1. The van der Waals surface area contributed by atoms with E-state index < -0.39 is 17.8 Å². The van der Waals surface area contributed by atoms with Crippen LogP contribution in [0.15, 0.2) is 65.2 Å². The van der Waals surface area contributed by atoms with Gasteiger partial charge in [-0.15, -0.1) is 0 Å². The average Bonchev–Trinajstić information content (AvgIpc) is 3.33. The van der Waals surface area contributed by atoms with E-state index >= 15 is 0 Å². The number of para-hydroxylation sites is 1. The Kier molecular flexibility index (Phi) is 5.20. The number of hydrogen-bond acceptors (Lipinski definition) is 6. The average molecular weight is 432 g/mol. The van der Waals surface area contributed by atoms with E-state index in [9.17, 15) is 18.0 Å². The van der Waals surface area contributed by atoms with Crippen LogP contribution >= 0.6 is 11.8 Å². The Morgan fingerprint density at radius 1 is 1.13 bits per heavy atom.